The largest absolute Gasteiger partial charge is 0.493 e. The Hall–Kier alpha value is -4.07. The van der Waals surface area contributed by atoms with E-state index in [0.717, 1.165) is 16.7 Å². The number of aromatic nitrogens is 2. The summed E-state index contributed by atoms with van der Waals surface area (Å²) in [6, 6.07) is 15.1. The summed E-state index contributed by atoms with van der Waals surface area (Å²) in [6.07, 6.45) is 3.40. The van der Waals surface area contributed by atoms with Crippen LogP contribution in [0.4, 0.5) is 11.6 Å². The van der Waals surface area contributed by atoms with Crippen molar-refractivity contribution >= 4 is 29.5 Å². The fourth-order valence-corrected chi connectivity index (χ4v) is 3.84. The number of fused-ring (bicyclic) bond motifs is 1. The Bertz CT molecular complexity index is 1180. The summed E-state index contributed by atoms with van der Waals surface area (Å²) in [6.45, 7) is 0. The highest BCUT2D eigenvalue weighted by atomic mass is 16.5. The van der Waals surface area contributed by atoms with E-state index in [2.05, 4.69) is 15.7 Å². The van der Waals surface area contributed by atoms with Crippen LogP contribution >= 0.6 is 0 Å². The minimum atomic E-state index is -0.329. The zero-order chi connectivity index (χ0) is 22.7. The molecule has 2 N–H and O–H groups in total. The van der Waals surface area contributed by atoms with E-state index in [4.69, 9.17) is 9.47 Å². The number of anilines is 2. The molecule has 0 spiro atoms. The van der Waals surface area contributed by atoms with Gasteiger partial charge in [0.05, 0.1) is 14.2 Å². The van der Waals surface area contributed by atoms with Crippen LogP contribution in [-0.4, -0.2) is 35.8 Å². The summed E-state index contributed by atoms with van der Waals surface area (Å²) in [5.41, 5.74) is 2.58. The molecule has 0 unspecified atom stereocenters. The van der Waals surface area contributed by atoms with Gasteiger partial charge < -0.3 is 20.1 Å². The van der Waals surface area contributed by atoms with Crippen LogP contribution < -0.4 is 20.1 Å². The van der Waals surface area contributed by atoms with E-state index < -0.39 is 0 Å². The Morgan fingerprint density at radius 2 is 1.91 bits per heavy atom. The first-order valence-electron chi connectivity index (χ1n) is 10.1. The van der Waals surface area contributed by atoms with Crippen LogP contribution in [0.1, 0.15) is 29.0 Å². The number of aryl methyl sites for hydroxylation is 1. The van der Waals surface area contributed by atoms with Gasteiger partial charge in [-0.2, -0.15) is 5.10 Å². The summed E-state index contributed by atoms with van der Waals surface area (Å²) in [4.78, 5) is 25.0. The van der Waals surface area contributed by atoms with Crippen LogP contribution in [0.3, 0.4) is 0 Å². The maximum atomic E-state index is 12.7. The molecule has 0 saturated carbocycles. The number of benzene rings is 2. The van der Waals surface area contributed by atoms with Crippen molar-refractivity contribution in [1.82, 2.24) is 9.78 Å². The molecule has 3 aromatic rings. The van der Waals surface area contributed by atoms with Crippen molar-refractivity contribution in [3.8, 4) is 11.5 Å². The lowest BCUT2D eigenvalue weighted by atomic mass is 9.86. The Morgan fingerprint density at radius 3 is 2.62 bits per heavy atom. The van der Waals surface area contributed by atoms with Crippen molar-refractivity contribution in [3.05, 3.63) is 71.3 Å². The topological polar surface area (TPSA) is 94.5 Å². The molecule has 32 heavy (non-hydrogen) atoms. The van der Waals surface area contributed by atoms with Gasteiger partial charge in [0.1, 0.15) is 5.82 Å². The summed E-state index contributed by atoms with van der Waals surface area (Å²) in [5, 5.41) is 10.2. The number of hydrogen-bond donors (Lipinski definition) is 2. The molecule has 0 bridgehead atoms. The molecule has 0 radical (unpaired) electrons. The van der Waals surface area contributed by atoms with Crippen LogP contribution in [0, 0.1) is 0 Å². The molecule has 0 aliphatic carbocycles. The predicted molar refractivity (Wildman–Crippen MR) is 122 cm³/mol. The highest BCUT2D eigenvalue weighted by molar-refractivity contribution is 6.03. The Labute approximate surface area is 185 Å². The molecule has 8 nitrogen and oxygen atoms in total. The highest BCUT2D eigenvalue weighted by Gasteiger charge is 2.33. The number of carbonyl (C=O) groups excluding carboxylic acids is 2. The predicted octanol–water partition coefficient (Wildman–Crippen LogP) is 3.56. The number of amides is 2. The molecule has 0 saturated heterocycles. The van der Waals surface area contributed by atoms with E-state index in [1.807, 2.05) is 36.4 Å². The summed E-state index contributed by atoms with van der Waals surface area (Å²) in [7, 11) is 4.87. The molecular weight excluding hydrogens is 408 g/mol. The second kappa shape index (κ2) is 8.97. The smallest absolute Gasteiger partial charge is 0.249 e. The first kappa shape index (κ1) is 21.2. The normalized spacial score (nSPS) is 15.2. The Morgan fingerprint density at radius 1 is 1.16 bits per heavy atom. The fourth-order valence-electron chi connectivity index (χ4n) is 3.84. The minimum absolute atomic E-state index is 0.0828. The van der Waals surface area contributed by atoms with Gasteiger partial charge in [0, 0.05) is 31.0 Å². The number of ether oxygens (including phenoxy) is 2. The van der Waals surface area contributed by atoms with Gasteiger partial charge in [-0.05, 0) is 29.3 Å². The summed E-state index contributed by atoms with van der Waals surface area (Å²) < 4.78 is 12.1. The first-order valence-corrected chi connectivity index (χ1v) is 10.1. The number of hydrogen-bond acceptors (Lipinski definition) is 5. The molecule has 1 aliphatic rings. The van der Waals surface area contributed by atoms with E-state index in [9.17, 15) is 9.59 Å². The number of rotatable bonds is 6. The van der Waals surface area contributed by atoms with Crippen molar-refractivity contribution in [1.29, 1.82) is 0 Å². The minimum Gasteiger partial charge on any atom is -0.493 e. The molecule has 2 aromatic carbocycles. The molecule has 1 aromatic heterocycles. The average Bonchev–Trinajstić information content (AvgIpc) is 3.12. The number of nitrogens with one attached hydrogen (secondary N) is 2. The standard InChI is InChI=1S/C24H24N4O4/c1-28-24-22(17(14-21(30)26-24)16-7-5-4-6-8-16)23(27-28)25-20(29)12-10-15-9-11-18(31-2)19(13-15)32-3/h4-13,17H,14H2,1-3H3,(H,26,30)(H,25,27,29)/b12-10-/t17-/m0/s1. The third-order valence-corrected chi connectivity index (χ3v) is 5.36. The van der Waals surface area contributed by atoms with Crippen LogP contribution in [0.2, 0.25) is 0 Å². The lowest BCUT2D eigenvalue weighted by Crippen LogP contribution is -2.25. The molecule has 8 heteroatoms. The van der Waals surface area contributed by atoms with Gasteiger partial charge in [0.2, 0.25) is 11.8 Å². The zero-order valence-corrected chi connectivity index (χ0v) is 18.1. The second-order valence-electron chi connectivity index (χ2n) is 7.39. The fraction of sp³-hybridized carbons (Fsp3) is 0.208. The lowest BCUT2D eigenvalue weighted by Gasteiger charge is -2.24. The molecule has 1 atom stereocenters. The van der Waals surface area contributed by atoms with Gasteiger partial charge in [0.25, 0.3) is 0 Å². The molecule has 2 amide bonds. The third kappa shape index (κ3) is 4.20. The third-order valence-electron chi connectivity index (χ3n) is 5.36. The van der Waals surface area contributed by atoms with Crippen molar-refractivity contribution in [2.75, 3.05) is 24.9 Å². The van der Waals surface area contributed by atoms with E-state index in [1.54, 1.807) is 44.2 Å². The maximum absolute atomic E-state index is 12.7. The number of methoxy groups -OCH3 is 2. The van der Waals surface area contributed by atoms with E-state index in [0.29, 0.717) is 23.1 Å². The van der Waals surface area contributed by atoms with Crippen molar-refractivity contribution in [3.63, 3.8) is 0 Å². The monoisotopic (exact) mass is 432 g/mol. The Balaban J connectivity index is 1.59. The lowest BCUT2D eigenvalue weighted by molar-refractivity contribution is -0.116. The first-order chi connectivity index (χ1) is 15.5. The van der Waals surface area contributed by atoms with Crippen LogP contribution in [0.15, 0.2) is 54.6 Å². The van der Waals surface area contributed by atoms with Gasteiger partial charge in [-0.1, -0.05) is 36.4 Å². The van der Waals surface area contributed by atoms with E-state index in [1.165, 1.54) is 6.08 Å². The summed E-state index contributed by atoms with van der Waals surface area (Å²) >= 11 is 0. The van der Waals surface area contributed by atoms with Crippen LogP contribution in [0.5, 0.6) is 11.5 Å². The van der Waals surface area contributed by atoms with Gasteiger partial charge >= 0.3 is 0 Å². The molecule has 4 rings (SSSR count). The van der Waals surface area contributed by atoms with Crippen LogP contribution in [-0.2, 0) is 16.6 Å². The maximum Gasteiger partial charge on any atom is 0.249 e. The SMILES string of the molecule is COc1ccc(/C=C\C(=O)Nc2nn(C)c3c2[C@H](c2ccccc2)CC(=O)N3)cc1OC. The molecule has 1 aliphatic heterocycles. The van der Waals surface area contributed by atoms with Gasteiger partial charge in [-0.25, -0.2) is 0 Å². The number of carbonyl (C=O) groups is 2. The van der Waals surface area contributed by atoms with E-state index >= 15 is 0 Å². The quantitative estimate of drug-likeness (QED) is 0.581. The molecular formula is C24H24N4O4. The molecule has 0 fully saturated rings. The highest BCUT2D eigenvalue weighted by Crippen LogP contribution is 2.41. The van der Waals surface area contributed by atoms with Crippen molar-refractivity contribution in [2.24, 2.45) is 7.05 Å². The van der Waals surface area contributed by atoms with Crippen molar-refractivity contribution < 1.29 is 19.1 Å². The van der Waals surface area contributed by atoms with Gasteiger partial charge in [-0.15, -0.1) is 0 Å². The van der Waals surface area contributed by atoms with Gasteiger partial charge in [0.15, 0.2) is 17.3 Å². The van der Waals surface area contributed by atoms with Gasteiger partial charge in [-0.3, -0.25) is 14.3 Å². The summed E-state index contributed by atoms with van der Waals surface area (Å²) in [5.74, 6) is 1.61. The van der Waals surface area contributed by atoms with E-state index in [-0.39, 0.29) is 24.2 Å². The molecule has 164 valence electrons. The van der Waals surface area contributed by atoms with Crippen molar-refractivity contribution in [2.45, 2.75) is 12.3 Å². The second-order valence-corrected chi connectivity index (χ2v) is 7.39. The Kier molecular flexibility index (Phi) is 5.93. The zero-order valence-electron chi connectivity index (χ0n) is 18.1. The molecule has 2 heterocycles. The number of nitrogens with zero attached hydrogens (tertiary/aromatic N) is 2. The average molecular weight is 432 g/mol. The van der Waals surface area contributed by atoms with Crippen LogP contribution in [0.25, 0.3) is 6.08 Å².